The Bertz CT molecular complexity index is 1440. The third kappa shape index (κ3) is 7.20. The summed E-state index contributed by atoms with van der Waals surface area (Å²) in [4.78, 5) is 18.4. The molecule has 6 heteroatoms. The number of aliphatic hydroxyl groups is 1. The van der Waals surface area contributed by atoms with Gasteiger partial charge < -0.3 is 15.2 Å². The number of ether oxygens (including phenoxy) is 1. The van der Waals surface area contributed by atoms with Crippen molar-refractivity contribution in [1.29, 1.82) is 0 Å². The highest BCUT2D eigenvalue weighted by Crippen LogP contribution is 2.38. The fraction of sp³-hybridized carbons (Fsp3) is 0.371. The number of halogens is 1. The van der Waals surface area contributed by atoms with Crippen LogP contribution in [0.1, 0.15) is 85.8 Å². The van der Waals surface area contributed by atoms with Gasteiger partial charge in [-0.2, -0.15) is 0 Å². The minimum Gasteiger partial charge on any atom is -0.508 e. The topological polar surface area (TPSA) is 70.9 Å². The van der Waals surface area contributed by atoms with Crippen LogP contribution in [0.2, 0.25) is 5.02 Å². The molecule has 0 saturated heterocycles. The third-order valence-electron chi connectivity index (χ3n) is 8.10. The minimum atomic E-state index is -0.131. The van der Waals surface area contributed by atoms with Gasteiger partial charge in [0.15, 0.2) is 0 Å². The predicted molar refractivity (Wildman–Crippen MR) is 171 cm³/mol. The van der Waals surface area contributed by atoms with Gasteiger partial charge in [-0.15, -0.1) is 0 Å². The zero-order chi connectivity index (χ0) is 29.5. The summed E-state index contributed by atoms with van der Waals surface area (Å²) in [6, 6.07) is 16.9. The third-order valence-corrected chi connectivity index (χ3v) is 8.42. The Hall–Kier alpha value is -3.57. The van der Waals surface area contributed by atoms with Crippen LogP contribution in [-0.2, 0) is 0 Å². The Morgan fingerprint density at radius 1 is 1.12 bits per heavy atom. The number of amides is 1. The predicted octanol–water partition coefficient (Wildman–Crippen LogP) is 9.47. The van der Waals surface area contributed by atoms with Crippen LogP contribution in [0.25, 0.3) is 16.9 Å². The van der Waals surface area contributed by atoms with Crippen LogP contribution in [0, 0.1) is 12.8 Å². The van der Waals surface area contributed by atoms with Crippen LogP contribution in [0.15, 0.2) is 66.2 Å². The Morgan fingerprint density at radius 3 is 2.56 bits per heavy atom. The molecule has 1 aliphatic rings. The summed E-state index contributed by atoms with van der Waals surface area (Å²) >= 11 is 6.79. The first kappa shape index (κ1) is 30.4. The van der Waals surface area contributed by atoms with Gasteiger partial charge >= 0.3 is 0 Å². The lowest BCUT2D eigenvalue weighted by molar-refractivity contribution is 0.0909. The largest absolute Gasteiger partial charge is 0.508 e. The van der Waals surface area contributed by atoms with Crippen molar-refractivity contribution in [3.63, 3.8) is 0 Å². The van der Waals surface area contributed by atoms with Gasteiger partial charge in [0.25, 0.3) is 5.91 Å². The number of aryl methyl sites for hydroxylation is 1. The number of methoxy groups -OCH3 is 1. The van der Waals surface area contributed by atoms with E-state index in [0.29, 0.717) is 27.6 Å². The van der Waals surface area contributed by atoms with E-state index < -0.39 is 0 Å². The Balaban J connectivity index is 1.72. The van der Waals surface area contributed by atoms with Gasteiger partial charge in [-0.1, -0.05) is 75.1 Å². The number of benzene rings is 3. The Kier molecular flexibility index (Phi) is 10.3. The van der Waals surface area contributed by atoms with Crippen molar-refractivity contribution in [2.75, 3.05) is 7.11 Å². The Labute approximate surface area is 249 Å². The first-order valence-electron chi connectivity index (χ1n) is 14.6. The molecule has 1 saturated carbocycles. The average Bonchev–Trinajstić information content (AvgIpc) is 2.98. The molecule has 1 atom stereocenters. The summed E-state index contributed by atoms with van der Waals surface area (Å²) in [6.45, 7) is 9.91. The summed E-state index contributed by atoms with van der Waals surface area (Å²) in [5, 5.41) is 14.5. The molecule has 41 heavy (non-hydrogen) atoms. The number of rotatable bonds is 10. The maximum atomic E-state index is 13.4. The van der Waals surface area contributed by atoms with Crippen molar-refractivity contribution in [3.8, 4) is 16.9 Å². The molecule has 0 bridgehead atoms. The van der Waals surface area contributed by atoms with E-state index in [0.717, 1.165) is 59.5 Å². The highest BCUT2D eigenvalue weighted by Gasteiger charge is 2.26. The van der Waals surface area contributed by atoms with Gasteiger partial charge in [0, 0.05) is 45.1 Å². The highest BCUT2D eigenvalue weighted by atomic mass is 35.5. The standard InChI is InChI=1S/C35H41ClN2O3/c1-6-11-32(25-12-8-7-9-13-25)38-35(40)26-17-19-29(30(20-26)24(4)39)34-28(14-10-15-31(34)36)23(3)37-33-21-27(41-5)18-16-22(33)2/h10,14-21,25,32,39H,4,6-9,11-13H2,1-3,5H3,(H,38,40)/t32-/m1/s1. The number of carbonyl (C=O) groups is 1. The molecule has 0 unspecified atom stereocenters. The van der Waals surface area contributed by atoms with Crippen molar-refractivity contribution in [2.45, 2.75) is 71.8 Å². The first-order valence-corrected chi connectivity index (χ1v) is 14.9. The van der Waals surface area contributed by atoms with E-state index in [4.69, 9.17) is 21.3 Å². The zero-order valence-electron chi connectivity index (χ0n) is 24.6. The molecule has 5 nitrogen and oxygen atoms in total. The normalized spacial score (nSPS) is 14.9. The molecule has 1 amide bonds. The highest BCUT2D eigenvalue weighted by molar-refractivity contribution is 6.34. The monoisotopic (exact) mass is 572 g/mol. The van der Waals surface area contributed by atoms with E-state index in [1.165, 1.54) is 19.3 Å². The fourth-order valence-electron chi connectivity index (χ4n) is 5.84. The number of hydrogen-bond donors (Lipinski definition) is 2. The van der Waals surface area contributed by atoms with Crippen LogP contribution in [0.3, 0.4) is 0 Å². The van der Waals surface area contributed by atoms with Crippen LogP contribution in [-0.4, -0.2) is 29.9 Å². The summed E-state index contributed by atoms with van der Waals surface area (Å²) in [5.74, 6) is 0.982. The molecule has 1 aliphatic carbocycles. The van der Waals surface area contributed by atoms with Gasteiger partial charge in [0.1, 0.15) is 11.5 Å². The number of hydrogen-bond acceptors (Lipinski definition) is 4. The second kappa shape index (κ2) is 13.9. The molecule has 0 radical (unpaired) electrons. The van der Waals surface area contributed by atoms with E-state index in [2.05, 4.69) is 18.8 Å². The van der Waals surface area contributed by atoms with Crippen LogP contribution >= 0.6 is 11.6 Å². The molecule has 1 fully saturated rings. The van der Waals surface area contributed by atoms with E-state index in [9.17, 15) is 9.90 Å². The molecular weight excluding hydrogens is 532 g/mol. The lowest BCUT2D eigenvalue weighted by Crippen LogP contribution is -2.41. The molecule has 3 aromatic carbocycles. The summed E-state index contributed by atoms with van der Waals surface area (Å²) in [7, 11) is 1.63. The first-order chi connectivity index (χ1) is 19.7. The molecule has 4 rings (SSSR count). The van der Waals surface area contributed by atoms with Gasteiger partial charge in [0.05, 0.1) is 12.8 Å². The molecular formula is C35H41ClN2O3. The number of aliphatic imine (C=N–C) groups is 1. The van der Waals surface area contributed by atoms with Crippen molar-refractivity contribution in [3.05, 3.63) is 88.5 Å². The van der Waals surface area contributed by atoms with E-state index >= 15 is 0 Å². The maximum absolute atomic E-state index is 13.4. The molecule has 216 valence electrons. The lowest BCUT2D eigenvalue weighted by atomic mass is 9.82. The number of nitrogens with zero attached hydrogens (tertiary/aromatic N) is 1. The van der Waals surface area contributed by atoms with Gasteiger partial charge in [0.2, 0.25) is 0 Å². The second-order valence-electron chi connectivity index (χ2n) is 11.0. The average molecular weight is 573 g/mol. The molecule has 0 aromatic heterocycles. The SMILES string of the molecule is C=C(O)c1cc(C(=O)N[C@H](CCC)C2CCCCC2)ccc1-c1c(Cl)cccc1C(C)=Nc1cc(OC)ccc1C. The van der Waals surface area contributed by atoms with Crippen molar-refractivity contribution < 1.29 is 14.6 Å². The maximum Gasteiger partial charge on any atom is 0.251 e. The summed E-state index contributed by atoms with van der Waals surface area (Å²) < 4.78 is 5.39. The van der Waals surface area contributed by atoms with E-state index in [1.54, 1.807) is 19.2 Å². The molecule has 2 N–H and O–H groups in total. The minimum absolute atomic E-state index is 0.129. The molecule has 0 aliphatic heterocycles. The van der Waals surface area contributed by atoms with Crippen LogP contribution < -0.4 is 10.1 Å². The van der Waals surface area contributed by atoms with Crippen molar-refractivity contribution >= 4 is 34.7 Å². The van der Waals surface area contributed by atoms with Gasteiger partial charge in [-0.05, 0) is 74.4 Å². The quantitative estimate of drug-likeness (QED) is 0.188. The van der Waals surface area contributed by atoms with Gasteiger partial charge in [-0.25, -0.2) is 0 Å². The van der Waals surface area contributed by atoms with Crippen LogP contribution in [0.4, 0.5) is 5.69 Å². The summed E-state index contributed by atoms with van der Waals surface area (Å²) in [6.07, 6.45) is 8.03. The molecule has 0 spiro atoms. The Morgan fingerprint density at radius 2 is 1.88 bits per heavy atom. The number of aliphatic hydroxyl groups excluding tert-OH is 1. The van der Waals surface area contributed by atoms with E-state index in [-0.39, 0.29) is 17.7 Å². The lowest BCUT2D eigenvalue weighted by Gasteiger charge is -2.31. The van der Waals surface area contributed by atoms with E-state index in [1.807, 2.05) is 56.3 Å². The van der Waals surface area contributed by atoms with Gasteiger partial charge in [-0.3, -0.25) is 9.79 Å². The van der Waals surface area contributed by atoms with Crippen LogP contribution in [0.5, 0.6) is 5.75 Å². The molecule has 3 aromatic rings. The number of carbonyl (C=O) groups excluding carboxylic acids is 1. The second-order valence-corrected chi connectivity index (χ2v) is 11.4. The molecule has 0 heterocycles. The fourth-order valence-corrected chi connectivity index (χ4v) is 6.12. The van der Waals surface area contributed by atoms with Crippen molar-refractivity contribution in [1.82, 2.24) is 5.32 Å². The summed E-state index contributed by atoms with van der Waals surface area (Å²) in [5.41, 5.74) is 5.74. The zero-order valence-corrected chi connectivity index (χ0v) is 25.4. The van der Waals surface area contributed by atoms with Crippen molar-refractivity contribution in [2.24, 2.45) is 10.9 Å². The number of nitrogens with one attached hydrogen (secondary N) is 1. The smallest absolute Gasteiger partial charge is 0.251 e.